The van der Waals surface area contributed by atoms with Crippen molar-refractivity contribution in [2.24, 2.45) is 0 Å². The van der Waals surface area contributed by atoms with Crippen LogP contribution >= 0.6 is 0 Å². The fraction of sp³-hybridized carbons (Fsp3) is 0.647. The third-order valence-corrected chi connectivity index (χ3v) is 3.94. The Labute approximate surface area is 122 Å². The van der Waals surface area contributed by atoms with Gasteiger partial charge in [0.05, 0.1) is 0 Å². The standard InChI is InChI=1S/C17H28FNO/c1-5-12-19-16(7-6-13-20-4)17(2,3)14-8-10-15(18)11-9-14/h8-11,16,19H,5-7,12-13H2,1-4H3. The fourth-order valence-electron chi connectivity index (χ4n) is 2.55. The van der Waals surface area contributed by atoms with Gasteiger partial charge in [-0.15, -0.1) is 0 Å². The number of ether oxygens (including phenoxy) is 1. The molecule has 0 bridgehead atoms. The zero-order chi connectivity index (χ0) is 15.0. The monoisotopic (exact) mass is 281 g/mol. The van der Waals surface area contributed by atoms with Crippen LogP contribution in [0.3, 0.4) is 0 Å². The summed E-state index contributed by atoms with van der Waals surface area (Å²) >= 11 is 0. The summed E-state index contributed by atoms with van der Waals surface area (Å²) in [5.74, 6) is -0.179. The summed E-state index contributed by atoms with van der Waals surface area (Å²) in [6.45, 7) is 8.40. The van der Waals surface area contributed by atoms with Crippen molar-refractivity contribution in [1.29, 1.82) is 0 Å². The highest BCUT2D eigenvalue weighted by atomic mass is 19.1. The first-order valence-corrected chi connectivity index (χ1v) is 7.50. The SMILES string of the molecule is CCCNC(CCCOC)C(C)(C)c1ccc(F)cc1. The molecule has 0 spiro atoms. The molecule has 0 radical (unpaired) electrons. The van der Waals surface area contributed by atoms with E-state index in [-0.39, 0.29) is 11.2 Å². The van der Waals surface area contributed by atoms with Gasteiger partial charge >= 0.3 is 0 Å². The van der Waals surface area contributed by atoms with Crippen molar-refractivity contribution in [2.45, 2.75) is 51.5 Å². The maximum atomic E-state index is 13.1. The Balaban J connectivity index is 2.81. The average molecular weight is 281 g/mol. The number of hydrogen-bond donors (Lipinski definition) is 1. The molecule has 0 saturated carbocycles. The molecule has 0 heterocycles. The van der Waals surface area contributed by atoms with E-state index in [0.29, 0.717) is 6.04 Å². The van der Waals surface area contributed by atoms with E-state index in [4.69, 9.17) is 4.74 Å². The maximum Gasteiger partial charge on any atom is 0.123 e. The van der Waals surface area contributed by atoms with E-state index in [9.17, 15) is 4.39 Å². The van der Waals surface area contributed by atoms with Gasteiger partial charge in [-0.25, -0.2) is 4.39 Å². The van der Waals surface area contributed by atoms with Crippen molar-refractivity contribution >= 4 is 0 Å². The van der Waals surface area contributed by atoms with E-state index in [1.807, 2.05) is 12.1 Å². The summed E-state index contributed by atoms with van der Waals surface area (Å²) in [6, 6.07) is 7.24. The molecule has 1 aromatic carbocycles. The molecule has 1 unspecified atom stereocenters. The van der Waals surface area contributed by atoms with Gasteiger partial charge in [-0.1, -0.05) is 32.9 Å². The first kappa shape index (κ1) is 17.1. The number of hydrogen-bond acceptors (Lipinski definition) is 2. The van der Waals surface area contributed by atoms with E-state index in [1.54, 1.807) is 19.2 Å². The largest absolute Gasteiger partial charge is 0.385 e. The van der Waals surface area contributed by atoms with Crippen LogP contribution in [0.5, 0.6) is 0 Å². The molecule has 1 rings (SSSR count). The van der Waals surface area contributed by atoms with Crippen LogP contribution in [0.4, 0.5) is 4.39 Å². The molecule has 114 valence electrons. The second kappa shape index (κ2) is 8.38. The average Bonchev–Trinajstić information content (AvgIpc) is 2.43. The van der Waals surface area contributed by atoms with Gasteiger partial charge in [0.25, 0.3) is 0 Å². The molecule has 1 aromatic rings. The Kier molecular flexibility index (Phi) is 7.17. The Morgan fingerprint density at radius 1 is 1.25 bits per heavy atom. The van der Waals surface area contributed by atoms with E-state index in [0.717, 1.165) is 32.4 Å². The summed E-state index contributed by atoms with van der Waals surface area (Å²) in [5.41, 5.74) is 1.14. The molecule has 0 amide bonds. The second-order valence-electron chi connectivity index (χ2n) is 5.87. The smallest absolute Gasteiger partial charge is 0.123 e. The van der Waals surface area contributed by atoms with Crippen molar-refractivity contribution in [1.82, 2.24) is 5.32 Å². The first-order chi connectivity index (χ1) is 9.52. The third kappa shape index (κ3) is 4.88. The zero-order valence-corrected chi connectivity index (χ0v) is 13.2. The minimum atomic E-state index is -0.179. The van der Waals surface area contributed by atoms with Crippen LogP contribution in [-0.4, -0.2) is 26.3 Å². The van der Waals surface area contributed by atoms with Gasteiger partial charge in [0.15, 0.2) is 0 Å². The van der Waals surface area contributed by atoms with Gasteiger partial charge in [-0.05, 0) is 43.5 Å². The minimum Gasteiger partial charge on any atom is -0.385 e. The molecule has 0 aliphatic heterocycles. The van der Waals surface area contributed by atoms with Gasteiger partial charge in [-0.2, -0.15) is 0 Å². The second-order valence-corrected chi connectivity index (χ2v) is 5.87. The molecule has 0 fully saturated rings. The van der Waals surface area contributed by atoms with Gasteiger partial charge in [0.2, 0.25) is 0 Å². The van der Waals surface area contributed by atoms with Gasteiger partial charge in [0, 0.05) is 25.2 Å². The highest BCUT2D eigenvalue weighted by molar-refractivity contribution is 5.26. The zero-order valence-electron chi connectivity index (χ0n) is 13.2. The summed E-state index contributed by atoms with van der Waals surface area (Å²) in [5, 5.41) is 3.63. The summed E-state index contributed by atoms with van der Waals surface area (Å²) in [7, 11) is 1.74. The van der Waals surface area contributed by atoms with Crippen molar-refractivity contribution in [2.75, 3.05) is 20.3 Å². The number of benzene rings is 1. The van der Waals surface area contributed by atoms with E-state index >= 15 is 0 Å². The minimum absolute atomic E-state index is 0.0311. The van der Waals surface area contributed by atoms with E-state index < -0.39 is 0 Å². The lowest BCUT2D eigenvalue weighted by atomic mass is 9.76. The van der Waals surface area contributed by atoms with Crippen LogP contribution in [0.25, 0.3) is 0 Å². The number of methoxy groups -OCH3 is 1. The van der Waals surface area contributed by atoms with Crippen LogP contribution in [-0.2, 0) is 10.2 Å². The van der Waals surface area contributed by atoms with Crippen molar-refractivity contribution in [3.8, 4) is 0 Å². The lowest BCUT2D eigenvalue weighted by Crippen LogP contribution is -2.45. The Morgan fingerprint density at radius 2 is 1.90 bits per heavy atom. The van der Waals surface area contributed by atoms with Gasteiger partial charge in [0.1, 0.15) is 5.82 Å². The quantitative estimate of drug-likeness (QED) is 0.693. The summed E-state index contributed by atoms with van der Waals surface area (Å²) in [4.78, 5) is 0. The Bertz CT molecular complexity index is 375. The van der Waals surface area contributed by atoms with Crippen LogP contribution in [0.15, 0.2) is 24.3 Å². The molecule has 0 aliphatic carbocycles. The highest BCUT2D eigenvalue weighted by Gasteiger charge is 2.30. The van der Waals surface area contributed by atoms with Gasteiger partial charge in [-0.3, -0.25) is 0 Å². The number of nitrogens with one attached hydrogen (secondary N) is 1. The summed E-state index contributed by atoms with van der Waals surface area (Å²) in [6.07, 6.45) is 3.20. The first-order valence-electron chi connectivity index (χ1n) is 7.50. The van der Waals surface area contributed by atoms with Crippen molar-refractivity contribution in [3.63, 3.8) is 0 Å². The van der Waals surface area contributed by atoms with Crippen LogP contribution in [0.1, 0.15) is 45.6 Å². The van der Waals surface area contributed by atoms with Crippen molar-refractivity contribution in [3.05, 3.63) is 35.6 Å². The lowest BCUT2D eigenvalue weighted by Gasteiger charge is -2.36. The topological polar surface area (TPSA) is 21.3 Å². The predicted molar refractivity (Wildman–Crippen MR) is 82.6 cm³/mol. The van der Waals surface area contributed by atoms with E-state index in [1.165, 1.54) is 5.56 Å². The molecule has 3 heteroatoms. The normalized spacial score (nSPS) is 13.4. The van der Waals surface area contributed by atoms with Crippen LogP contribution in [0, 0.1) is 5.82 Å². The molecule has 1 N–H and O–H groups in total. The predicted octanol–water partition coefficient (Wildman–Crippen LogP) is 3.90. The van der Waals surface area contributed by atoms with Crippen LogP contribution < -0.4 is 5.32 Å². The third-order valence-electron chi connectivity index (χ3n) is 3.94. The van der Waals surface area contributed by atoms with Crippen LogP contribution in [0.2, 0.25) is 0 Å². The molecule has 0 aliphatic rings. The molecule has 2 nitrogen and oxygen atoms in total. The number of halogens is 1. The van der Waals surface area contributed by atoms with E-state index in [2.05, 4.69) is 26.1 Å². The molecule has 0 saturated heterocycles. The lowest BCUT2D eigenvalue weighted by molar-refractivity contribution is 0.182. The highest BCUT2D eigenvalue weighted by Crippen LogP contribution is 2.29. The fourth-order valence-corrected chi connectivity index (χ4v) is 2.55. The molecular weight excluding hydrogens is 253 g/mol. The maximum absolute atomic E-state index is 13.1. The molecule has 0 aromatic heterocycles. The molecule has 20 heavy (non-hydrogen) atoms. The summed E-state index contributed by atoms with van der Waals surface area (Å²) < 4.78 is 18.2. The van der Waals surface area contributed by atoms with Gasteiger partial charge < -0.3 is 10.1 Å². The molecular formula is C17H28FNO. The Morgan fingerprint density at radius 3 is 2.45 bits per heavy atom. The van der Waals surface area contributed by atoms with Crippen molar-refractivity contribution < 1.29 is 9.13 Å². The molecule has 1 atom stereocenters. The number of rotatable bonds is 9. The Hall–Kier alpha value is -0.930.